The van der Waals surface area contributed by atoms with E-state index in [1.807, 2.05) is 25.1 Å². The first kappa shape index (κ1) is 15.3. The van der Waals surface area contributed by atoms with Crippen molar-refractivity contribution in [3.05, 3.63) is 41.7 Å². The fourth-order valence-electron chi connectivity index (χ4n) is 2.04. The van der Waals surface area contributed by atoms with Gasteiger partial charge in [0.15, 0.2) is 5.82 Å². The average Bonchev–Trinajstić information content (AvgIpc) is 2.48. The molecule has 0 fully saturated rings. The number of aryl methyl sites for hydroxylation is 1. The van der Waals surface area contributed by atoms with Crippen LogP contribution in [0.3, 0.4) is 0 Å². The van der Waals surface area contributed by atoms with Gasteiger partial charge in [-0.1, -0.05) is 19.1 Å². The second-order valence-corrected chi connectivity index (χ2v) is 4.70. The summed E-state index contributed by atoms with van der Waals surface area (Å²) in [6.45, 7) is 5.39. The van der Waals surface area contributed by atoms with Crippen molar-refractivity contribution in [2.75, 3.05) is 24.3 Å². The van der Waals surface area contributed by atoms with Crippen LogP contribution in [0.4, 0.5) is 17.3 Å². The Kier molecular flexibility index (Phi) is 5.51. The molecule has 0 bridgehead atoms. The van der Waals surface area contributed by atoms with Crippen molar-refractivity contribution in [3.8, 4) is 0 Å². The smallest absolute Gasteiger partial charge is 0.158 e. The molecule has 2 N–H and O–H groups in total. The van der Waals surface area contributed by atoms with E-state index in [1.54, 1.807) is 7.11 Å². The number of nitrogens with zero attached hydrogens (tertiary/aromatic N) is 2. The first-order valence-electron chi connectivity index (χ1n) is 7.21. The van der Waals surface area contributed by atoms with Gasteiger partial charge in [0.2, 0.25) is 0 Å². The highest BCUT2D eigenvalue weighted by Gasteiger charge is 2.05. The molecule has 1 aromatic carbocycles. The van der Waals surface area contributed by atoms with Gasteiger partial charge >= 0.3 is 0 Å². The summed E-state index contributed by atoms with van der Waals surface area (Å²) in [5.74, 6) is 2.22. The normalized spacial score (nSPS) is 10.4. The maximum Gasteiger partial charge on any atom is 0.158 e. The fourth-order valence-corrected chi connectivity index (χ4v) is 2.04. The summed E-state index contributed by atoms with van der Waals surface area (Å²) in [4.78, 5) is 8.87. The Morgan fingerprint density at radius 1 is 1.10 bits per heavy atom. The van der Waals surface area contributed by atoms with Gasteiger partial charge < -0.3 is 15.4 Å². The number of benzene rings is 1. The lowest BCUT2D eigenvalue weighted by atomic mass is 10.1. The number of rotatable bonds is 7. The molecule has 112 valence electrons. The van der Waals surface area contributed by atoms with E-state index in [0.29, 0.717) is 12.4 Å². The Morgan fingerprint density at radius 3 is 2.62 bits per heavy atom. The van der Waals surface area contributed by atoms with Crippen LogP contribution in [0, 0.1) is 0 Å². The lowest BCUT2D eigenvalue weighted by Crippen LogP contribution is -2.06. The molecule has 21 heavy (non-hydrogen) atoms. The zero-order chi connectivity index (χ0) is 15.1. The number of methoxy groups -OCH3 is 1. The number of hydrogen-bond acceptors (Lipinski definition) is 5. The van der Waals surface area contributed by atoms with E-state index in [4.69, 9.17) is 4.74 Å². The second kappa shape index (κ2) is 7.59. The van der Waals surface area contributed by atoms with E-state index in [9.17, 15) is 0 Å². The molecule has 0 aliphatic rings. The topological polar surface area (TPSA) is 59.1 Å². The maximum absolute atomic E-state index is 5.12. The van der Waals surface area contributed by atoms with E-state index in [-0.39, 0.29) is 0 Å². The molecular formula is C16H22N4O. The van der Waals surface area contributed by atoms with Gasteiger partial charge in [0, 0.05) is 25.4 Å². The molecule has 0 atom stereocenters. The van der Waals surface area contributed by atoms with Crippen molar-refractivity contribution in [2.45, 2.75) is 26.9 Å². The van der Waals surface area contributed by atoms with Gasteiger partial charge in [-0.25, -0.2) is 9.97 Å². The van der Waals surface area contributed by atoms with Crippen molar-refractivity contribution in [3.63, 3.8) is 0 Å². The predicted molar refractivity (Wildman–Crippen MR) is 86.0 cm³/mol. The first-order valence-corrected chi connectivity index (χ1v) is 7.21. The standard InChI is InChI=1S/C16H22N4O/c1-4-12-7-6-8-13(9-12)18-15-10-14(17-5-2)19-16(20-15)11-21-3/h6-10H,4-5,11H2,1-3H3,(H2,17,18,19,20). The number of ether oxygens (including phenoxy) is 1. The summed E-state index contributed by atoms with van der Waals surface area (Å²) in [6.07, 6.45) is 1.01. The van der Waals surface area contributed by atoms with Crippen LogP contribution in [0.2, 0.25) is 0 Å². The summed E-state index contributed by atoms with van der Waals surface area (Å²) < 4.78 is 5.12. The van der Waals surface area contributed by atoms with Gasteiger partial charge in [0.1, 0.15) is 18.2 Å². The van der Waals surface area contributed by atoms with Gasteiger partial charge in [0.25, 0.3) is 0 Å². The van der Waals surface area contributed by atoms with E-state index in [2.05, 4.69) is 39.7 Å². The highest BCUT2D eigenvalue weighted by molar-refractivity contribution is 5.59. The average molecular weight is 286 g/mol. The van der Waals surface area contributed by atoms with Crippen LogP contribution in [0.25, 0.3) is 0 Å². The molecule has 0 aliphatic heterocycles. The Balaban J connectivity index is 2.24. The van der Waals surface area contributed by atoms with Gasteiger partial charge in [0.05, 0.1) is 0 Å². The number of nitrogens with one attached hydrogen (secondary N) is 2. The molecule has 0 spiro atoms. The van der Waals surface area contributed by atoms with Crippen molar-refractivity contribution >= 4 is 17.3 Å². The SMILES string of the molecule is CCNc1cc(Nc2cccc(CC)c2)nc(COC)n1. The molecule has 5 nitrogen and oxygen atoms in total. The lowest BCUT2D eigenvalue weighted by molar-refractivity contribution is 0.178. The Labute approximate surface area is 125 Å². The molecule has 1 aromatic heterocycles. The Bertz CT molecular complexity index is 562. The summed E-state index contributed by atoms with van der Waals surface area (Å²) in [6, 6.07) is 10.2. The van der Waals surface area contributed by atoms with Crippen LogP contribution in [0.5, 0.6) is 0 Å². The van der Waals surface area contributed by atoms with Crippen molar-refractivity contribution in [1.29, 1.82) is 0 Å². The van der Waals surface area contributed by atoms with Gasteiger partial charge in [-0.15, -0.1) is 0 Å². The molecular weight excluding hydrogens is 264 g/mol. The third-order valence-corrected chi connectivity index (χ3v) is 3.01. The highest BCUT2D eigenvalue weighted by Crippen LogP contribution is 2.19. The van der Waals surface area contributed by atoms with Crippen LogP contribution in [0.15, 0.2) is 30.3 Å². The van der Waals surface area contributed by atoms with Crippen LogP contribution < -0.4 is 10.6 Å². The third kappa shape index (κ3) is 4.43. The minimum atomic E-state index is 0.392. The van der Waals surface area contributed by atoms with Crippen LogP contribution >= 0.6 is 0 Å². The molecule has 0 radical (unpaired) electrons. The molecule has 0 aliphatic carbocycles. The number of hydrogen-bond donors (Lipinski definition) is 2. The van der Waals surface area contributed by atoms with Crippen molar-refractivity contribution in [1.82, 2.24) is 9.97 Å². The van der Waals surface area contributed by atoms with Gasteiger partial charge in [-0.3, -0.25) is 0 Å². The van der Waals surface area contributed by atoms with Crippen molar-refractivity contribution < 1.29 is 4.74 Å². The van der Waals surface area contributed by atoms with E-state index in [0.717, 1.165) is 30.3 Å². The number of anilines is 3. The fraction of sp³-hybridized carbons (Fsp3) is 0.375. The summed E-state index contributed by atoms with van der Waals surface area (Å²) in [5, 5.41) is 6.54. The summed E-state index contributed by atoms with van der Waals surface area (Å²) in [7, 11) is 1.64. The van der Waals surface area contributed by atoms with Crippen LogP contribution in [-0.2, 0) is 17.8 Å². The monoisotopic (exact) mass is 286 g/mol. The van der Waals surface area contributed by atoms with Crippen LogP contribution in [0.1, 0.15) is 25.2 Å². The van der Waals surface area contributed by atoms with Gasteiger partial charge in [-0.2, -0.15) is 0 Å². The van der Waals surface area contributed by atoms with E-state index < -0.39 is 0 Å². The molecule has 5 heteroatoms. The summed E-state index contributed by atoms with van der Waals surface area (Å²) in [5.41, 5.74) is 2.32. The van der Waals surface area contributed by atoms with Crippen LogP contribution in [-0.4, -0.2) is 23.6 Å². The molecule has 0 unspecified atom stereocenters. The molecule has 0 saturated heterocycles. The molecule has 0 amide bonds. The van der Waals surface area contributed by atoms with Gasteiger partial charge in [-0.05, 0) is 31.0 Å². The molecule has 0 saturated carbocycles. The molecule has 2 rings (SSSR count). The Morgan fingerprint density at radius 2 is 1.90 bits per heavy atom. The zero-order valence-electron chi connectivity index (χ0n) is 12.8. The minimum Gasteiger partial charge on any atom is -0.377 e. The quantitative estimate of drug-likeness (QED) is 0.817. The Hall–Kier alpha value is -2.14. The van der Waals surface area contributed by atoms with E-state index in [1.165, 1.54) is 5.56 Å². The third-order valence-electron chi connectivity index (χ3n) is 3.01. The highest BCUT2D eigenvalue weighted by atomic mass is 16.5. The lowest BCUT2D eigenvalue weighted by Gasteiger charge is -2.11. The van der Waals surface area contributed by atoms with Crippen molar-refractivity contribution in [2.24, 2.45) is 0 Å². The minimum absolute atomic E-state index is 0.392. The van der Waals surface area contributed by atoms with E-state index >= 15 is 0 Å². The summed E-state index contributed by atoms with van der Waals surface area (Å²) >= 11 is 0. The predicted octanol–water partition coefficient (Wildman–Crippen LogP) is 3.36. The zero-order valence-corrected chi connectivity index (χ0v) is 12.8. The molecule has 1 heterocycles. The second-order valence-electron chi connectivity index (χ2n) is 4.70. The molecule has 2 aromatic rings. The first-order chi connectivity index (χ1) is 10.2. The number of aromatic nitrogens is 2. The largest absolute Gasteiger partial charge is 0.377 e. The maximum atomic E-state index is 5.12.